The van der Waals surface area contributed by atoms with Crippen LogP contribution in [-0.4, -0.2) is 42.2 Å². The molecule has 0 saturated carbocycles. The van der Waals surface area contributed by atoms with Crippen molar-refractivity contribution in [2.24, 2.45) is 0 Å². The third-order valence-corrected chi connectivity index (χ3v) is 3.18. The number of hydrogen-bond donors (Lipinski definition) is 2. The van der Waals surface area contributed by atoms with E-state index in [-0.39, 0.29) is 17.2 Å². The van der Waals surface area contributed by atoms with Gasteiger partial charge in [-0.15, -0.1) is 0 Å². The summed E-state index contributed by atoms with van der Waals surface area (Å²) in [7, 11) is 3.67. The van der Waals surface area contributed by atoms with Crippen molar-refractivity contribution >= 4 is 11.4 Å². The van der Waals surface area contributed by atoms with Crippen molar-refractivity contribution in [3.05, 3.63) is 33.9 Å². The lowest BCUT2D eigenvalue weighted by atomic mass is 10.1. The lowest BCUT2D eigenvalue weighted by Gasteiger charge is -2.16. The normalized spacial score (nSPS) is 10.8. The summed E-state index contributed by atoms with van der Waals surface area (Å²) < 4.78 is 0. The Kier molecular flexibility index (Phi) is 6.97. The molecule has 0 saturated heterocycles. The smallest absolute Gasteiger partial charge is 0.292 e. The third-order valence-electron chi connectivity index (χ3n) is 3.18. The van der Waals surface area contributed by atoms with Crippen LogP contribution in [0.1, 0.15) is 24.8 Å². The average Bonchev–Trinajstić information content (AvgIpc) is 2.43. The maximum absolute atomic E-state index is 11.0. The van der Waals surface area contributed by atoms with Gasteiger partial charge in [-0.25, -0.2) is 0 Å². The zero-order valence-electron chi connectivity index (χ0n) is 12.1. The molecule has 6 heteroatoms. The number of unbranched alkanes of at least 4 members (excludes halogenated alkanes) is 2. The fourth-order valence-corrected chi connectivity index (χ4v) is 2.10. The lowest BCUT2D eigenvalue weighted by Crippen LogP contribution is -2.19. The summed E-state index contributed by atoms with van der Waals surface area (Å²) in [6.07, 6.45) is 2.85. The standard InChI is InChI=1S/C14H23N3O3/c1-15-13-7-6-12(10-14(13)17(19)20)11-16(2)8-4-3-5-9-18/h6-7,10,15,18H,3-5,8-9,11H2,1-2H3. The minimum absolute atomic E-state index is 0.110. The van der Waals surface area contributed by atoms with E-state index in [1.165, 1.54) is 0 Å². The lowest BCUT2D eigenvalue weighted by molar-refractivity contribution is -0.384. The first kappa shape index (κ1) is 16.4. The Balaban J connectivity index is 2.59. The second-order valence-electron chi connectivity index (χ2n) is 4.88. The Hall–Kier alpha value is -1.66. The van der Waals surface area contributed by atoms with Crippen molar-refractivity contribution in [2.75, 3.05) is 32.6 Å². The van der Waals surface area contributed by atoms with E-state index in [2.05, 4.69) is 10.2 Å². The Morgan fingerprint density at radius 2 is 2.10 bits per heavy atom. The summed E-state index contributed by atoms with van der Waals surface area (Å²) >= 11 is 0. The van der Waals surface area contributed by atoms with Gasteiger partial charge in [-0.3, -0.25) is 10.1 Å². The summed E-state index contributed by atoms with van der Waals surface area (Å²) in [5, 5.41) is 22.5. The molecule has 0 fully saturated rings. The summed E-state index contributed by atoms with van der Waals surface area (Å²) in [5.74, 6) is 0. The van der Waals surface area contributed by atoms with Crippen LogP contribution in [0.5, 0.6) is 0 Å². The van der Waals surface area contributed by atoms with E-state index in [1.807, 2.05) is 13.1 Å². The first-order valence-electron chi connectivity index (χ1n) is 6.83. The van der Waals surface area contributed by atoms with Crippen molar-refractivity contribution in [2.45, 2.75) is 25.8 Å². The van der Waals surface area contributed by atoms with Crippen LogP contribution in [0.4, 0.5) is 11.4 Å². The average molecular weight is 281 g/mol. The highest BCUT2D eigenvalue weighted by Crippen LogP contribution is 2.25. The molecule has 6 nitrogen and oxygen atoms in total. The van der Waals surface area contributed by atoms with Gasteiger partial charge in [0, 0.05) is 26.3 Å². The highest BCUT2D eigenvalue weighted by atomic mass is 16.6. The van der Waals surface area contributed by atoms with Gasteiger partial charge in [0.2, 0.25) is 0 Å². The van der Waals surface area contributed by atoms with E-state index in [0.29, 0.717) is 12.2 Å². The molecule has 0 heterocycles. The van der Waals surface area contributed by atoms with Crippen molar-refractivity contribution in [3.8, 4) is 0 Å². The topological polar surface area (TPSA) is 78.6 Å². The van der Waals surface area contributed by atoms with Gasteiger partial charge in [0.15, 0.2) is 0 Å². The molecule has 0 radical (unpaired) electrons. The van der Waals surface area contributed by atoms with E-state index in [1.54, 1.807) is 19.2 Å². The van der Waals surface area contributed by atoms with E-state index >= 15 is 0 Å². The van der Waals surface area contributed by atoms with Crippen LogP contribution in [0.15, 0.2) is 18.2 Å². The van der Waals surface area contributed by atoms with Crippen molar-refractivity contribution in [1.29, 1.82) is 0 Å². The van der Waals surface area contributed by atoms with Gasteiger partial charge >= 0.3 is 0 Å². The van der Waals surface area contributed by atoms with E-state index < -0.39 is 0 Å². The Bertz CT molecular complexity index is 438. The number of nitro groups is 1. The summed E-state index contributed by atoms with van der Waals surface area (Å²) in [6.45, 7) is 1.84. The molecule has 0 aromatic heterocycles. The van der Waals surface area contributed by atoms with Crippen LogP contribution in [0.25, 0.3) is 0 Å². The molecule has 0 aliphatic heterocycles. The van der Waals surface area contributed by atoms with E-state index in [4.69, 9.17) is 5.11 Å². The number of hydrogen-bond acceptors (Lipinski definition) is 5. The maximum atomic E-state index is 11.0. The summed E-state index contributed by atoms with van der Waals surface area (Å²) in [5.41, 5.74) is 1.57. The molecule has 2 N–H and O–H groups in total. The number of aliphatic hydroxyl groups is 1. The van der Waals surface area contributed by atoms with Crippen molar-refractivity contribution in [1.82, 2.24) is 4.90 Å². The number of anilines is 1. The molecule has 0 spiro atoms. The zero-order chi connectivity index (χ0) is 15.0. The van der Waals surface area contributed by atoms with Gasteiger partial charge in [-0.05, 0) is 44.5 Å². The molecule has 112 valence electrons. The molecule has 0 bridgehead atoms. The number of aliphatic hydroxyl groups excluding tert-OH is 1. The molecule has 0 aliphatic rings. The highest BCUT2D eigenvalue weighted by Gasteiger charge is 2.13. The van der Waals surface area contributed by atoms with E-state index in [9.17, 15) is 10.1 Å². The SMILES string of the molecule is CNc1ccc(CN(C)CCCCCO)cc1[N+](=O)[O-]. The van der Waals surface area contributed by atoms with Crippen LogP contribution in [0, 0.1) is 10.1 Å². The predicted octanol–water partition coefficient (Wildman–Crippen LogP) is 2.23. The van der Waals surface area contributed by atoms with Crippen LogP contribution in [0.2, 0.25) is 0 Å². The fourth-order valence-electron chi connectivity index (χ4n) is 2.10. The number of nitrogens with one attached hydrogen (secondary N) is 1. The zero-order valence-corrected chi connectivity index (χ0v) is 12.1. The van der Waals surface area contributed by atoms with Crippen molar-refractivity contribution < 1.29 is 10.0 Å². The van der Waals surface area contributed by atoms with Gasteiger partial charge in [-0.2, -0.15) is 0 Å². The first-order valence-corrected chi connectivity index (χ1v) is 6.83. The second kappa shape index (κ2) is 8.50. The molecule has 1 aromatic rings. The highest BCUT2D eigenvalue weighted by molar-refractivity contribution is 5.62. The largest absolute Gasteiger partial charge is 0.396 e. The predicted molar refractivity (Wildman–Crippen MR) is 79.9 cm³/mol. The molecule has 1 aromatic carbocycles. The molecule has 0 aliphatic carbocycles. The molecular formula is C14H23N3O3. The minimum atomic E-state index is -0.365. The van der Waals surface area contributed by atoms with Crippen LogP contribution in [-0.2, 0) is 6.54 Å². The third kappa shape index (κ3) is 5.14. The molecule has 1 rings (SSSR count). The van der Waals surface area contributed by atoms with Gasteiger partial charge in [0.05, 0.1) is 4.92 Å². The van der Waals surface area contributed by atoms with Gasteiger partial charge in [0.1, 0.15) is 5.69 Å². The second-order valence-corrected chi connectivity index (χ2v) is 4.88. The van der Waals surface area contributed by atoms with Gasteiger partial charge in [-0.1, -0.05) is 6.07 Å². The minimum Gasteiger partial charge on any atom is -0.396 e. The first-order chi connectivity index (χ1) is 9.58. The number of rotatable bonds is 9. The molecule has 0 unspecified atom stereocenters. The van der Waals surface area contributed by atoms with Crippen molar-refractivity contribution in [3.63, 3.8) is 0 Å². The van der Waals surface area contributed by atoms with E-state index in [0.717, 1.165) is 31.4 Å². The Morgan fingerprint density at radius 3 is 2.70 bits per heavy atom. The van der Waals surface area contributed by atoms with Gasteiger partial charge < -0.3 is 15.3 Å². The fraction of sp³-hybridized carbons (Fsp3) is 0.571. The molecular weight excluding hydrogens is 258 g/mol. The number of nitro benzene ring substituents is 1. The summed E-state index contributed by atoms with van der Waals surface area (Å²) in [6, 6.07) is 5.27. The Labute approximate surface area is 119 Å². The maximum Gasteiger partial charge on any atom is 0.292 e. The quantitative estimate of drug-likeness (QED) is 0.412. The molecule has 0 amide bonds. The Morgan fingerprint density at radius 1 is 1.35 bits per heavy atom. The van der Waals surface area contributed by atoms with Crippen LogP contribution in [0.3, 0.4) is 0 Å². The molecule has 20 heavy (non-hydrogen) atoms. The number of nitrogens with zero attached hydrogens (tertiary/aromatic N) is 2. The molecule has 0 atom stereocenters. The summed E-state index contributed by atoms with van der Waals surface area (Å²) in [4.78, 5) is 12.8. The van der Waals surface area contributed by atoms with Crippen LogP contribution < -0.4 is 5.32 Å². The number of benzene rings is 1. The van der Waals surface area contributed by atoms with Crippen LogP contribution >= 0.6 is 0 Å². The monoisotopic (exact) mass is 281 g/mol. The van der Waals surface area contributed by atoms with Gasteiger partial charge in [0.25, 0.3) is 5.69 Å².